The molecular weight excluding hydrogens is 368 g/mol. The van der Waals surface area contributed by atoms with E-state index in [0.717, 1.165) is 12.8 Å². The second-order valence-corrected chi connectivity index (χ2v) is 7.22. The van der Waals surface area contributed by atoms with E-state index in [4.69, 9.17) is 5.11 Å². The van der Waals surface area contributed by atoms with Crippen LogP contribution in [0, 0.1) is 5.92 Å². The van der Waals surface area contributed by atoms with E-state index in [1.165, 1.54) is 16.7 Å². The first-order valence-corrected chi connectivity index (χ1v) is 9.58. The molecule has 142 valence electrons. The standard InChI is InChI=1S/C18H20N4O4S/c23-16(13-5-1-2-7-19-13)12-4-3-9-22(10-12)18(26)20-8-6-15-21-14(11-27-15)17(24)25/h1-2,5,7,11-12H,3-4,6,8-10H2,(H,20,26)(H,24,25)/t12-/m0/s1. The van der Waals surface area contributed by atoms with Crippen LogP contribution in [0.25, 0.3) is 0 Å². The van der Waals surface area contributed by atoms with Crippen molar-refractivity contribution in [3.63, 3.8) is 0 Å². The lowest BCUT2D eigenvalue weighted by molar-refractivity contribution is 0.0690. The first-order chi connectivity index (χ1) is 13.0. The van der Waals surface area contributed by atoms with E-state index in [-0.39, 0.29) is 23.4 Å². The number of Topliss-reactive ketones (excluding diaryl/α,β-unsaturated/α-hetero) is 1. The van der Waals surface area contributed by atoms with Gasteiger partial charge in [-0.1, -0.05) is 6.07 Å². The fourth-order valence-electron chi connectivity index (χ4n) is 3.01. The Labute approximate surface area is 160 Å². The van der Waals surface area contributed by atoms with Crippen molar-refractivity contribution in [1.82, 2.24) is 20.2 Å². The molecule has 27 heavy (non-hydrogen) atoms. The Morgan fingerprint density at radius 1 is 1.30 bits per heavy atom. The number of rotatable bonds is 6. The predicted octanol–water partition coefficient (Wildman–Crippen LogP) is 2.08. The summed E-state index contributed by atoms with van der Waals surface area (Å²) in [6.07, 6.45) is 3.57. The number of aromatic nitrogens is 2. The summed E-state index contributed by atoms with van der Waals surface area (Å²) in [5, 5.41) is 13.8. The molecule has 9 heteroatoms. The molecule has 8 nitrogen and oxygen atoms in total. The Kier molecular flexibility index (Phi) is 6.12. The van der Waals surface area contributed by atoms with Gasteiger partial charge in [0, 0.05) is 43.5 Å². The third-order valence-corrected chi connectivity index (χ3v) is 5.29. The lowest BCUT2D eigenvalue weighted by Gasteiger charge is -2.31. The van der Waals surface area contributed by atoms with Gasteiger partial charge in [0.1, 0.15) is 5.69 Å². The Bertz CT molecular complexity index is 824. The zero-order chi connectivity index (χ0) is 19.2. The summed E-state index contributed by atoms with van der Waals surface area (Å²) in [4.78, 5) is 45.5. The van der Waals surface area contributed by atoms with Crippen LogP contribution in [-0.2, 0) is 6.42 Å². The summed E-state index contributed by atoms with van der Waals surface area (Å²) >= 11 is 1.26. The molecule has 0 bridgehead atoms. The topological polar surface area (TPSA) is 112 Å². The maximum absolute atomic E-state index is 12.5. The summed E-state index contributed by atoms with van der Waals surface area (Å²) in [6.45, 7) is 1.35. The number of amides is 2. The molecule has 1 aliphatic rings. The van der Waals surface area contributed by atoms with E-state index in [2.05, 4.69) is 15.3 Å². The maximum Gasteiger partial charge on any atom is 0.355 e. The smallest absolute Gasteiger partial charge is 0.355 e. The molecule has 3 rings (SSSR count). The molecule has 0 aromatic carbocycles. The molecule has 0 saturated carbocycles. The molecule has 0 aliphatic carbocycles. The fourth-order valence-corrected chi connectivity index (χ4v) is 3.78. The van der Waals surface area contributed by atoms with Gasteiger partial charge in [0.05, 0.1) is 5.01 Å². The highest BCUT2D eigenvalue weighted by atomic mass is 32.1. The van der Waals surface area contributed by atoms with Gasteiger partial charge in [-0.25, -0.2) is 14.6 Å². The van der Waals surface area contributed by atoms with Crippen molar-refractivity contribution in [2.24, 2.45) is 5.92 Å². The highest BCUT2D eigenvalue weighted by Crippen LogP contribution is 2.20. The van der Waals surface area contributed by atoms with E-state index < -0.39 is 5.97 Å². The molecule has 2 aromatic heterocycles. The average Bonchev–Trinajstić information content (AvgIpc) is 3.17. The fraction of sp³-hybridized carbons (Fsp3) is 0.389. The van der Waals surface area contributed by atoms with Crippen LogP contribution >= 0.6 is 11.3 Å². The number of thiazole rings is 1. The second-order valence-electron chi connectivity index (χ2n) is 6.28. The van der Waals surface area contributed by atoms with Gasteiger partial charge in [-0.05, 0) is 25.0 Å². The molecule has 0 spiro atoms. The molecule has 1 saturated heterocycles. The number of urea groups is 1. The van der Waals surface area contributed by atoms with E-state index >= 15 is 0 Å². The number of carbonyl (C=O) groups is 3. The van der Waals surface area contributed by atoms with Crippen LogP contribution in [0.2, 0.25) is 0 Å². The predicted molar refractivity (Wildman–Crippen MR) is 99.0 cm³/mol. The monoisotopic (exact) mass is 388 g/mol. The molecule has 2 amide bonds. The molecule has 1 aliphatic heterocycles. The number of carboxylic acid groups (broad SMARTS) is 1. The molecule has 1 fully saturated rings. The van der Waals surface area contributed by atoms with Crippen molar-refractivity contribution in [1.29, 1.82) is 0 Å². The minimum Gasteiger partial charge on any atom is -0.476 e. The third-order valence-electron chi connectivity index (χ3n) is 4.38. The quantitative estimate of drug-likeness (QED) is 0.733. The summed E-state index contributed by atoms with van der Waals surface area (Å²) in [7, 11) is 0. The lowest BCUT2D eigenvalue weighted by atomic mass is 9.92. The van der Waals surface area contributed by atoms with Crippen molar-refractivity contribution < 1.29 is 19.5 Å². The Morgan fingerprint density at radius 2 is 2.15 bits per heavy atom. The van der Waals surface area contributed by atoms with Crippen LogP contribution < -0.4 is 5.32 Å². The number of pyridine rings is 1. The number of carbonyl (C=O) groups excluding carboxylic acids is 2. The van der Waals surface area contributed by atoms with Crippen LogP contribution in [0.5, 0.6) is 0 Å². The van der Waals surface area contributed by atoms with Crippen molar-refractivity contribution in [2.45, 2.75) is 19.3 Å². The summed E-state index contributed by atoms with van der Waals surface area (Å²) < 4.78 is 0. The van der Waals surface area contributed by atoms with Gasteiger partial charge in [0.15, 0.2) is 11.5 Å². The molecular formula is C18H20N4O4S. The molecule has 2 N–H and O–H groups in total. The SMILES string of the molecule is O=C(O)c1csc(CCNC(=O)N2CCC[C@H](C(=O)c3ccccn3)C2)n1. The van der Waals surface area contributed by atoms with Crippen molar-refractivity contribution in [3.8, 4) is 0 Å². The van der Waals surface area contributed by atoms with Gasteiger partial charge < -0.3 is 15.3 Å². The van der Waals surface area contributed by atoms with Gasteiger partial charge in [-0.3, -0.25) is 9.78 Å². The zero-order valence-corrected chi connectivity index (χ0v) is 15.4. The van der Waals surface area contributed by atoms with Crippen LogP contribution in [0.4, 0.5) is 4.79 Å². The summed E-state index contributed by atoms with van der Waals surface area (Å²) in [6, 6.07) is 5.02. The normalized spacial score (nSPS) is 16.7. The number of carboxylic acids is 1. The average molecular weight is 388 g/mol. The van der Waals surface area contributed by atoms with Gasteiger partial charge in [-0.15, -0.1) is 11.3 Å². The lowest BCUT2D eigenvalue weighted by Crippen LogP contribution is -2.47. The van der Waals surface area contributed by atoms with Crippen LogP contribution in [0.15, 0.2) is 29.8 Å². The number of hydrogen-bond acceptors (Lipinski definition) is 6. The van der Waals surface area contributed by atoms with Crippen LogP contribution in [0.3, 0.4) is 0 Å². The number of aromatic carboxylic acids is 1. The van der Waals surface area contributed by atoms with Gasteiger partial charge in [0.25, 0.3) is 0 Å². The minimum atomic E-state index is -1.06. The number of nitrogens with one attached hydrogen (secondary N) is 1. The largest absolute Gasteiger partial charge is 0.476 e. The van der Waals surface area contributed by atoms with Crippen LogP contribution in [0.1, 0.15) is 38.8 Å². The number of nitrogens with zero attached hydrogens (tertiary/aromatic N) is 3. The van der Waals surface area contributed by atoms with E-state index in [1.807, 2.05) is 0 Å². The Balaban J connectivity index is 1.49. The zero-order valence-electron chi connectivity index (χ0n) is 14.6. The molecule has 0 radical (unpaired) electrons. The van der Waals surface area contributed by atoms with Gasteiger partial charge in [0.2, 0.25) is 0 Å². The molecule has 1 atom stereocenters. The second kappa shape index (κ2) is 8.72. The molecule has 3 heterocycles. The third kappa shape index (κ3) is 4.88. The highest BCUT2D eigenvalue weighted by Gasteiger charge is 2.29. The number of ketones is 1. The minimum absolute atomic E-state index is 0.0215. The van der Waals surface area contributed by atoms with Gasteiger partial charge >= 0.3 is 12.0 Å². The first-order valence-electron chi connectivity index (χ1n) is 8.70. The van der Waals surface area contributed by atoms with Gasteiger partial charge in [-0.2, -0.15) is 0 Å². The van der Waals surface area contributed by atoms with E-state index in [1.54, 1.807) is 29.3 Å². The number of piperidine rings is 1. The Morgan fingerprint density at radius 3 is 2.85 bits per heavy atom. The summed E-state index contributed by atoms with van der Waals surface area (Å²) in [5.41, 5.74) is 0.455. The summed E-state index contributed by atoms with van der Waals surface area (Å²) in [5.74, 6) is -1.33. The van der Waals surface area contributed by atoms with E-state index in [9.17, 15) is 14.4 Å². The van der Waals surface area contributed by atoms with Crippen molar-refractivity contribution in [3.05, 3.63) is 46.2 Å². The number of hydrogen-bond donors (Lipinski definition) is 2. The molecule has 2 aromatic rings. The van der Waals surface area contributed by atoms with Crippen molar-refractivity contribution >= 4 is 29.1 Å². The van der Waals surface area contributed by atoms with Crippen molar-refractivity contribution in [2.75, 3.05) is 19.6 Å². The Hall–Kier alpha value is -2.81. The number of likely N-dealkylation sites (tertiary alicyclic amines) is 1. The van der Waals surface area contributed by atoms with Crippen LogP contribution in [-0.4, -0.2) is 57.4 Å². The maximum atomic E-state index is 12.5. The highest BCUT2D eigenvalue weighted by molar-refractivity contribution is 7.09. The first kappa shape index (κ1) is 19.0. The van der Waals surface area contributed by atoms with E-state index in [0.29, 0.717) is 36.8 Å². The molecule has 0 unspecified atom stereocenters.